The fourth-order valence-electron chi connectivity index (χ4n) is 5.39. The van der Waals surface area contributed by atoms with Crippen LogP contribution in [0.3, 0.4) is 0 Å². The third-order valence-corrected chi connectivity index (χ3v) is 7.45. The van der Waals surface area contributed by atoms with E-state index in [9.17, 15) is 10.4 Å². The fourth-order valence-corrected chi connectivity index (χ4v) is 5.39. The van der Waals surface area contributed by atoms with Crippen LogP contribution in [0, 0.1) is 11.3 Å². The largest absolute Gasteiger partial charge is 0.393 e. The Hall–Kier alpha value is -3.76. The lowest BCUT2D eigenvalue weighted by Crippen LogP contribution is -2.22. The van der Waals surface area contributed by atoms with Gasteiger partial charge in [-0.15, -0.1) is 0 Å². The molecule has 2 aliphatic rings. The Morgan fingerprint density at radius 1 is 1.00 bits per heavy atom. The van der Waals surface area contributed by atoms with Gasteiger partial charge < -0.3 is 15.0 Å². The Labute approximate surface area is 210 Å². The lowest BCUT2D eigenvalue weighted by molar-refractivity contribution is 0.111. The van der Waals surface area contributed by atoms with Gasteiger partial charge in [0.2, 0.25) is 0 Å². The molecule has 2 aliphatic carbocycles. The van der Waals surface area contributed by atoms with Crippen LogP contribution in [-0.2, 0) is 6.42 Å². The van der Waals surface area contributed by atoms with E-state index in [1.165, 1.54) is 18.4 Å². The first-order valence-electron chi connectivity index (χ1n) is 13.0. The Kier molecular flexibility index (Phi) is 5.90. The number of imidazole rings is 1. The number of nitrogens with zero attached hydrogens (tertiary/aromatic N) is 5. The van der Waals surface area contributed by atoms with Crippen LogP contribution >= 0.6 is 0 Å². The van der Waals surface area contributed by atoms with Crippen molar-refractivity contribution in [2.24, 2.45) is 0 Å². The number of benzene rings is 1. The van der Waals surface area contributed by atoms with Crippen molar-refractivity contribution in [1.82, 2.24) is 19.5 Å². The quantitative estimate of drug-likeness (QED) is 0.351. The van der Waals surface area contributed by atoms with Crippen LogP contribution in [0.2, 0.25) is 0 Å². The van der Waals surface area contributed by atoms with E-state index in [1.807, 2.05) is 0 Å². The van der Waals surface area contributed by atoms with Crippen LogP contribution in [0.5, 0.6) is 0 Å². The summed E-state index contributed by atoms with van der Waals surface area (Å²) in [6, 6.07) is 16.7. The van der Waals surface area contributed by atoms with Crippen LogP contribution in [0.25, 0.3) is 22.3 Å². The van der Waals surface area contributed by atoms with Crippen molar-refractivity contribution >= 4 is 22.7 Å². The van der Waals surface area contributed by atoms with E-state index < -0.39 is 0 Å². The molecule has 0 atom stereocenters. The first-order chi connectivity index (χ1) is 17.6. The number of aliphatic hydroxyl groups excluding tert-OH is 1. The van der Waals surface area contributed by atoms with E-state index in [2.05, 4.69) is 58.2 Å². The molecule has 4 aromatic rings. The number of hydrogen-bond acceptors (Lipinski definition) is 6. The van der Waals surface area contributed by atoms with Gasteiger partial charge in [-0.1, -0.05) is 13.0 Å². The minimum absolute atomic E-state index is 0.180. The predicted molar refractivity (Wildman–Crippen MR) is 140 cm³/mol. The van der Waals surface area contributed by atoms with Crippen LogP contribution in [0.1, 0.15) is 74.4 Å². The van der Waals surface area contributed by atoms with E-state index >= 15 is 0 Å². The number of aromatic nitrogens is 4. The predicted octanol–water partition coefficient (Wildman–Crippen LogP) is 6.02. The van der Waals surface area contributed by atoms with Crippen LogP contribution in [0.4, 0.5) is 11.6 Å². The average molecular weight is 479 g/mol. The molecule has 2 fully saturated rings. The van der Waals surface area contributed by atoms with Crippen molar-refractivity contribution in [2.75, 3.05) is 5.32 Å². The number of pyridine rings is 2. The molecule has 0 spiro atoms. The number of anilines is 2. The van der Waals surface area contributed by atoms with Gasteiger partial charge in [0, 0.05) is 24.2 Å². The molecule has 0 unspecified atom stereocenters. The maximum atomic E-state index is 10.0. The molecule has 6 rings (SSSR count). The lowest BCUT2D eigenvalue weighted by atomic mass is 9.92. The Morgan fingerprint density at radius 2 is 1.83 bits per heavy atom. The first-order valence-corrected chi connectivity index (χ1v) is 13.0. The topological polar surface area (TPSA) is 99.7 Å². The molecule has 0 aliphatic heterocycles. The van der Waals surface area contributed by atoms with E-state index in [0.717, 1.165) is 66.0 Å². The molecule has 182 valence electrons. The van der Waals surface area contributed by atoms with Gasteiger partial charge in [-0.05, 0) is 86.4 Å². The van der Waals surface area contributed by atoms with E-state index in [1.54, 1.807) is 18.3 Å². The zero-order valence-corrected chi connectivity index (χ0v) is 20.5. The monoisotopic (exact) mass is 478 g/mol. The van der Waals surface area contributed by atoms with Crippen LogP contribution in [0.15, 0.2) is 48.7 Å². The summed E-state index contributed by atoms with van der Waals surface area (Å²) in [6.07, 6.45) is 8.36. The highest BCUT2D eigenvalue weighted by Gasteiger charge is 2.26. The minimum Gasteiger partial charge on any atom is -0.393 e. The van der Waals surface area contributed by atoms with Gasteiger partial charge in [-0.3, -0.25) is 0 Å². The summed E-state index contributed by atoms with van der Waals surface area (Å²) >= 11 is 0. The molecule has 3 heterocycles. The van der Waals surface area contributed by atoms with Gasteiger partial charge in [0.05, 0.1) is 34.5 Å². The second kappa shape index (κ2) is 9.36. The van der Waals surface area contributed by atoms with Crippen LogP contribution in [-0.4, -0.2) is 30.7 Å². The van der Waals surface area contributed by atoms with Crippen molar-refractivity contribution < 1.29 is 5.11 Å². The third kappa shape index (κ3) is 4.45. The van der Waals surface area contributed by atoms with Crippen LogP contribution < -0.4 is 5.32 Å². The number of rotatable bonds is 6. The molecule has 0 amide bonds. The van der Waals surface area contributed by atoms with Crippen molar-refractivity contribution in [2.45, 2.75) is 69.9 Å². The van der Waals surface area contributed by atoms with Crippen molar-refractivity contribution in [3.63, 3.8) is 0 Å². The normalized spacial score (nSPS) is 19.8. The summed E-state index contributed by atoms with van der Waals surface area (Å²) in [4.78, 5) is 14.3. The van der Waals surface area contributed by atoms with E-state index in [-0.39, 0.29) is 6.10 Å². The molecule has 0 radical (unpaired) electrons. The SMILES string of the molecule is CCc1nc2ccc(-c3cc(C4CC4)cc(Nc4cc(C#N)ccn4)n3)cc2n1C1CCC(O)CC1. The molecular weight excluding hydrogens is 448 g/mol. The molecule has 1 aromatic carbocycles. The summed E-state index contributed by atoms with van der Waals surface area (Å²) in [5.74, 6) is 3.02. The van der Waals surface area contributed by atoms with Crippen molar-refractivity contribution in [1.29, 1.82) is 5.26 Å². The highest BCUT2D eigenvalue weighted by atomic mass is 16.3. The molecule has 3 aromatic heterocycles. The second-order valence-corrected chi connectivity index (χ2v) is 10.0. The van der Waals surface area contributed by atoms with E-state index in [0.29, 0.717) is 23.3 Å². The van der Waals surface area contributed by atoms with Gasteiger partial charge >= 0.3 is 0 Å². The van der Waals surface area contributed by atoms with Gasteiger partial charge in [0.1, 0.15) is 17.5 Å². The number of fused-ring (bicyclic) bond motifs is 1. The number of nitriles is 1. The van der Waals surface area contributed by atoms with Gasteiger partial charge in [0.15, 0.2) is 0 Å². The highest BCUT2D eigenvalue weighted by Crippen LogP contribution is 2.42. The molecule has 36 heavy (non-hydrogen) atoms. The van der Waals surface area contributed by atoms with Crippen molar-refractivity contribution in [3.05, 3.63) is 65.6 Å². The Balaban J connectivity index is 1.40. The summed E-state index contributed by atoms with van der Waals surface area (Å²) < 4.78 is 2.41. The fraction of sp³-hybridized carbons (Fsp3) is 0.379. The summed E-state index contributed by atoms with van der Waals surface area (Å²) in [7, 11) is 0. The third-order valence-electron chi connectivity index (χ3n) is 7.45. The smallest absolute Gasteiger partial charge is 0.132 e. The highest BCUT2D eigenvalue weighted by molar-refractivity contribution is 5.82. The molecule has 2 saturated carbocycles. The average Bonchev–Trinajstić information content (AvgIpc) is 3.69. The Morgan fingerprint density at radius 3 is 2.58 bits per heavy atom. The molecular formula is C29H30N6O. The van der Waals surface area contributed by atoms with Gasteiger partial charge in [0.25, 0.3) is 0 Å². The number of aryl methyl sites for hydroxylation is 1. The maximum absolute atomic E-state index is 10.0. The van der Waals surface area contributed by atoms with Crippen molar-refractivity contribution in [3.8, 4) is 17.3 Å². The number of nitrogens with one attached hydrogen (secondary N) is 1. The summed E-state index contributed by atoms with van der Waals surface area (Å²) in [6.45, 7) is 2.16. The van der Waals surface area contributed by atoms with Gasteiger partial charge in [-0.2, -0.15) is 5.26 Å². The molecule has 7 nitrogen and oxygen atoms in total. The first kappa shape index (κ1) is 22.7. The lowest BCUT2D eigenvalue weighted by Gasteiger charge is -2.28. The summed E-state index contributed by atoms with van der Waals surface area (Å²) in [5, 5.41) is 22.6. The van der Waals surface area contributed by atoms with E-state index in [4.69, 9.17) is 9.97 Å². The molecule has 2 N–H and O–H groups in total. The zero-order valence-electron chi connectivity index (χ0n) is 20.5. The maximum Gasteiger partial charge on any atom is 0.132 e. The minimum atomic E-state index is -0.180. The number of hydrogen-bond donors (Lipinski definition) is 2. The molecule has 0 saturated heterocycles. The molecule has 7 heteroatoms. The van der Waals surface area contributed by atoms with Gasteiger partial charge in [-0.25, -0.2) is 15.0 Å². The zero-order chi connectivity index (χ0) is 24.6. The molecule has 0 bridgehead atoms. The standard InChI is InChI=1S/C29H30N6O/c1-2-29-33-24-10-5-20(15-26(24)35(29)22-6-8-23(36)9-7-22)25-14-21(19-3-4-19)16-28(32-25)34-27-13-18(17-30)11-12-31-27/h5,10-16,19,22-23,36H,2-4,6-9H2,1H3,(H,31,32,34). The summed E-state index contributed by atoms with van der Waals surface area (Å²) in [5.41, 5.74) is 5.98. The Bertz CT molecular complexity index is 1460. The number of aliphatic hydroxyl groups is 1. The second-order valence-electron chi connectivity index (χ2n) is 10.0.